The number of anilines is 1. The van der Waals surface area contributed by atoms with Crippen molar-refractivity contribution in [2.75, 3.05) is 5.73 Å². The third-order valence-corrected chi connectivity index (χ3v) is 1.90. The van der Waals surface area contributed by atoms with E-state index in [-0.39, 0.29) is 18.3 Å². The highest BCUT2D eigenvalue weighted by molar-refractivity contribution is 5.82. The average Bonchev–Trinajstić information content (AvgIpc) is 2.77. The molecule has 7 heteroatoms. The second-order valence-corrected chi connectivity index (χ2v) is 3.17. The predicted octanol–water partition coefficient (Wildman–Crippen LogP) is 0.929. The summed E-state index contributed by atoms with van der Waals surface area (Å²) in [6, 6.07) is 6.74. The van der Waals surface area contributed by atoms with Crippen LogP contribution in [0.2, 0.25) is 0 Å². The van der Waals surface area contributed by atoms with Gasteiger partial charge in [0.1, 0.15) is 5.75 Å². The molecule has 7 nitrogen and oxygen atoms in total. The van der Waals surface area contributed by atoms with Crippen LogP contribution in [0.1, 0.15) is 16.5 Å². The van der Waals surface area contributed by atoms with Crippen LogP contribution < -0.4 is 10.5 Å². The van der Waals surface area contributed by atoms with Crippen LogP contribution in [0.4, 0.5) is 5.69 Å². The molecular weight excluding hydrogens is 226 g/mol. The lowest BCUT2D eigenvalue weighted by Crippen LogP contribution is -2.00. The van der Waals surface area contributed by atoms with Crippen LogP contribution in [0.15, 0.2) is 28.8 Å². The number of aromatic nitrogens is 2. The van der Waals surface area contributed by atoms with Crippen LogP contribution in [0.3, 0.4) is 0 Å². The van der Waals surface area contributed by atoms with Crippen molar-refractivity contribution in [3.8, 4) is 5.75 Å². The van der Waals surface area contributed by atoms with E-state index in [0.717, 1.165) is 0 Å². The molecule has 1 heterocycles. The number of aromatic carboxylic acids is 1. The quantitative estimate of drug-likeness (QED) is 0.758. The number of hydrogen-bond donors (Lipinski definition) is 2. The van der Waals surface area contributed by atoms with Gasteiger partial charge < -0.3 is 20.1 Å². The Morgan fingerprint density at radius 2 is 2.12 bits per heavy atom. The van der Waals surface area contributed by atoms with E-state index in [2.05, 4.69) is 14.7 Å². The first-order valence-electron chi connectivity index (χ1n) is 4.69. The topological polar surface area (TPSA) is 111 Å². The molecule has 0 spiro atoms. The fraction of sp³-hybridized carbons (Fsp3) is 0.100. The summed E-state index contributed by atoms with van der Waals surface area (Å²) in [4.78, 5) is 14.1. The molecule has 0 amide bonds. The zero-order valence-corrected chi connectivity index (χ0v) is 8.66. The highest BCUT2D eigenvalue weighted by Gasteiger charge is 2.12. The van der Waals surface area contributed by atoms with Crippen molar-refractivity contribution in [1.29, 1.82) is 0 Å². The monoisotopic (exact) mass is 235 g/mol. The smallest absolute Gasteiger partial charge is 0.377 e. The van der Waals surface area contributed by atoms with Crippen LogP contribution in [0.25, 0.3) is 0 Å². The summed E-state index contributed by atoms with van der Waals surface area (Å²) in [5.74, 6) is -0.957. The largest absolute Gasteiger partial charge is 0.484 e. The Balaban J connectivity index is 1.97. The minimum atomic E-state index is -1.24. The van der Waals surface area contributed by atoms with Gasteiger partial charge in [0, 0.05) is 5.69 Å². The van der Waals surface area contributed by atoms with Crippen LogP contribution >= 0.6 is 0 Å². The summed E-state index contributed by atoms with van der Waals surface area (Å²) in [7, 11) is 0. The fourth-order valence-electron chi connectivity index (χ4n) is 1.11. The van der Waals surface area contributed by atoms with E-state index < -0.39 is 5.97 Å². The van der Waals surface area contributed by atoms with Crippen molar-refractivity contribution in [3.63, 3.8) is 0 Å². The van der Waals surface area contributed by atoms with E-state index in [4.69, 9.17) is 15.6 Å². The van der Waals surface area contributed by atoms with Crippen LogP contribution in [-0.4, -0.2) is 21.2 Å². The average molecular weight is 235 g/mol. The SMILES string of the molecule is Nc1ccc(OCc2nc(C(=O)O)no2)cc1. The van der Waals surface area contributed by atoms with Crippen LogP contribution in [0.5, 0.6) is 5.75 Å². The number of nitrogen functional groups attached to an aromatic ring is 1. The standard InChI is InChI=1S/C10H9N3O4/c11-6-1-3-7(4-2-6)16-5-8-12-9(10(14)15)13-17-8/h1-4H,5,11H2,(H,14,15). The predicted molar refractivity (Wildman–Crippen MR) is 56.4 cm³/mol. The Morgan fingerprint density at radius 1 is 1.41 bits per heavy atom. The molecule has 0 aliphatic rings. The lowest BCUT2D eigenvalue weighted by atomic mass is 10.3. The molecule has 0 aliphatic carbocycles. The number of carboxylic acid groups (broad SMARTS) is 1. The number of carboxylic acids is 1. The number of carbonyl (C=O) groups is 1. The molecule has 88 valence electrons. The second kappa shape index (κ2) is 4.52. The molecule has 0 bridgehead atoms. The van der Waals surface area contributed by atoms with Crippen molar-refractivity contribution in [2.24, 2.45) is 0 Å². The van der Waals surface area contributed by atoms with E-state index >= 15 is 0 Å². The third kappa shape index (κ3) is 2.71. The highest BCUT2D eigenvalue weighted by atomic mass is 16.5. The van der Waals surface area contributed by atoms with Gasteiger partial charge in [-0.3, -0.25) is 0 Å². The first kappa shape index (κ1) is 10.9. The van der Waals surface area contributed by atoms with Gasteiger partial charge in [-0.05, 0) is 29.4 Å². The Bertz CT molecular complexity index is 521. The van der Waals surface area contributed by atoms with Gasteiger partial charge >= 0.3 is 5.97 Å². The van der Waals surface area contributed by atoms with Gasteiger partial charge in [-0.25, -0.2) is 4.79 Å². The van der Waals surface area contributed by atoms with E-state index in [0.29, 0.717) is 11.4 Å². The van der Waals surface area contributed by atoms with Gasteiger partial charge in [-0.15, -0.1) is 0 Å². The fourth-order valence-corrected chi connectivity index (χ4v) is 1.11. The molecule has 0 radical (unpaired) electrons. The van der Waals surface area contributed by atoms with Gasteiger partial charge in [0.05, 0.1) is 0 Å². The lowest BCUT2D eigenvalue weighted by Gasteiger charge is -2.02. The molecule has 2 aromatic rings. The van der Waals surface area contributed by atoms with Gasteiger partial charge in [0.25, 0.3) is 11.7 Å². The molecule has 1 aromatic heterocycles. The van der Waals surface area contributed by atoms with E-state index in [1.54, 1.807) is 24.3 Å². The first-order chi connectivity index (χ1) is 8.15. The Labute approximate surface area is 95.8 Å². The van der Waals surface area contributed by atoms with Crippen LogP contribution in [-0.2, 0) is 6.61 Å². The van der Waals surface area contributed by atoms with Crippen molar-refractivity contribution in [2.45, 2.75) is 6.61 Å². The maximum atomic E-state index is 10.5. The highest BCUT2D eigenvalue weighted by Crippen LogP contribution is 2.14. The molecule has 3 N–H and O–H groups in total. The number of nitrogens with zero attached hydrogens (tertiary/aromatic N) is 2. The molecule has 0 atom stereocenters. The summed E-state index contributed by atoms with van der Waals surface area (Å²) in [5, 5.41) is 11.8. The Morgan fingerprint density at radius 3 is 2.71 bits per heavy atom. The first-order valence-corrected chi connectivity index (χ1v) is 4.69. The van der Waals surface area contributed by atoms with E-state index in [1.165, 1.54) is 0 Å². The van der Waals surface area contributed by atoms with Gasteiger partial charge in [0.15, 0.2) is 6.61 Å². The van der Waals surface area contributed by atoms with Gasteiger partial charge in [-0.2, -0.15) is 4.98 Å². The number of ether oxygens (including phenoxy) is 1. The van der Waals surface area contributed by atoms with Crippen molar-refractivity contribution in [1.82, 2.24) is 10.1 Å². The molecular formula is C10H9N3O4. The number of nitrogens with two attached hydrogens (primary N) is 1. The molecule has 2 rings (SSSR count). The number of rotatable bonds is 4. The van der Waals surface area contributed by atoms with Crippen molar-refractivity contribution in [3.05, 3.63) is 36.0 Å². The molecule has 0 aliphatic heterocycles. The number of benzene rings is 1. The summed E-state index contributed by atoms with van der Waals surface area (Å²) >= 11 is 0. The molecule has 0 saturated heterocycles. The van der Waals surface area contributed by atoms with Gasteiger partial charge in [-0.1, -0.05) is 0 Å². The maximum Gasteiger partial charge on any atom is 0.377 e. The Kier molecular flexibility index (Phi) is 2.91. The molecule has 0 unspecified atom stereocenters. The summed E-state index contributed by atoms with van der Waals surface area (Å²) in [6.07, 6.45) is 0. The maximum absolute atomic E-state index is 10.5. The summed E-state index contributed by atoms with van der Waals surface area (Å²) < 4.78 is 9.98. The van der Waals surface area contributed by atoms with Crippen molar-refractivity contribution >= 4 is 11.7 Å². The lowest BCUT2D eigenvalue weighted by molar-refractivity contribution is 0.0680. The van der Waals surface area contributed by atoms with E-state index in [9.17, 15) is 4.79 Å². The van der Waals surface area contributed by atoms with E-state index in [1.807, 2.05) is 0 Å². The number of hydrogen-bond acceptors (Lipinski definition) is 6. The normalized spacial score (nSPS) is 10.1. The Hall–Kier alpha value is -2.57. The third-order valence-electron chi connectivity index (χ3n) is 1.90. The minimum Gasteiger partial charge on any atom is -0.484 e. The zero-order chi connectivity index (χ0) is 12.3. The molecule has 0 fully saturated rings. The second-order valence-electron chi connectivity index (χ2n) is 3.17. The summed E-state index contributed by atoms with van der Waals surface area (Å²) in [5.41, 5.74) is 6.14. The van der Waals surface area contributed by atoms with Gasteiger partial charge in [0.2, 0.25) is 0 Å². The molecule has 0 saturated carbocycles. The van der Waals surface area contributed by atoms with Crippen molar-refractivity contribution < 1.29 is 19.2 Å². The zero-order valence-electron chi connectivity index (χ0n) is 8.66. The summed E-state index contributed by atoms with van der Waals surface area (Å²) in [6.45, 7) is 0.00416. The molecule has 1 aromatic carbocycles. The molecule has 17 heavy (non-hydrogen) atoms. The van der Waals surface area contributed by atoms with Crippen LogP contribution in [0, 0.1) is 0 Å². The minimum absolute atomic E-state index is 0.00416.